The summed E-state index contributed by atoms with van der Waals surface area (Å²) >= 11 is 0. The molecule has 1 aromatic rings. The van der Waals surface area contributed by atoms with Crippen LogP contribution in [0.4, 0.5) is 0 Å². The van der Waals surface area contributed by atoms with Crippen molar-refractivity contribution in [1.82, 2.24) is 44.1 Å². The molecule has 1 aliphatic rings. The number of nitrogens with zero attached hydrogens (tertiary/aromatic N) is 9. The first-order valence-corrected chi connectivity index (χ1v) is 27.6. The lowest BCUT2D eigenvalue weighted by Gasteiger charge is -2.43. The van der Waals surface area contributed by atoms with Crippen LogP contribution in [0.5, 0.6) is 0 Å². The van der Waals surface area contributed by atoms with E-state index < -0.39 is 125 Å². The molecule has 1 N–H and O–H groups in total. The lowest BCUT2D eigenvalue weighted by atomic mass is 9.93. The van der Waals surface area contributed by atoms with E-state index in [9.17, 15) is 48.3 Å². The molecule has 0 aromatic heterocycles. The lowest BCUT2D eigenvalue weighted by molar-refractivity contribution is -0.160. The maximum atomic E-state index is 15.0. The van der Waals surface area contributed by atoms with Gasteiger partial charge in [0.1, 0.15) is 48.3 Å². The van der Waals surface area contributed by atoms with Crippen LogP contribution < -0.4 is 0 Å². The fourth-order valence-corrected chi connectivity index (χ4v) is 11.6. The number of carbonyl (C=O) groups excluding carboxylic acids is 8. The molecule has 1 aliphatic heterocycles. The predicted molar refractivity (Wildman–Crippen MR) is 300 cm³/mol. The molecule has 2 rings (SSSR count). The first-order valence-electron chi connectivity index (χ1n) is 27.6. The summed E-state index contributed by atoms with van der Waals surface area (Å²) in [6.07, 6.45) is 0.967. The molecule has 1 aromatic carbocycles. The Balaban J connectivity index is 2.48. The molecule has 19 nitrogen and oxygen atoms in total. The van der Waals surface area contributed by atoms with Gasteiger partial charge in [-0.1, -0.05) is 127 Å². The van der Waals surface area contributed by atoms with E-state index in [1.165, 1.54) is 69.5 Å². The van der Waals surface area contributed by atoms with Gasteiger partial charge in [0.15, 0.2) is 0 Å². The maximum Gasteiger partial charge on any atom is 0.326 e. The number of carboxylic acid groups (broad SMARTS) is 1. The van der Waals surface area contributed by atoms with Crippen LogP contribution in [0.25, 0.3) is 0 Å². The normalized spacial score (nSPS) is 17.0. The number of carbonyl (C=O) groups is 9. The second kappa shape index (κ2) is 28.9. The van der Waals surface area contributed by atoms with Crippen molar-refractivity contribution in [3.63, 3.8) is 0 Å². The molecular weight excluding hydrogens is 983 g/mol. The number of benzene rings is 1. The Hall–Kier alpha value is -5.59. The average molecular weight is 1080 g/mol. The molecule has 0 bridgehead atoms. The number of rotatable bonds is 26. The second-order valence-electron chi connectivity index (χ2n) is 24.2. The number of hydrogen-bond acceptors (Lipinski definition) is 10. The highest BCUT2D eigenvalue weighted by Gasteiger charge is 2.48. The molecule has 0 saturated carbocycles. The van der Waals surface area contributed by atoms with E-state index in [0.717, 1.165) is 5.56 Å². The van der Waals surface area contributed by atoms with Gasteiger partial charge in [-0.25, -0.2) is 4.79 Å². The van der Waals surface area contributed by atoms with Gasteiger partial charge in [-0.2, -0.15) is 0 Å². The number of carboxylic acids is 1. The van der Waals surface area contributed by atoms with E-state index >= 15 is 0 Å². The van der Waals surface area contributed by atoms with Gasteiger partial charge < -0.3 is 44.3 Å². The quantitative estimate of drug-likeness (QED) is 0.136. The standard InChI is InChI=1S/C58H99N9O10/c1-33(2)43(59(15)16)51(69)66(23)49(39(13)14)57(75)67-31-27-30-41(67)50(68)61(18)45(35(5)6)53(71)63(20)47(37(9)10)55(73)65(22)48(38(11)12)56(74)64(21)46(36(7)8)54(72)62(19)44(34(3)4)52(70)60(17)42(58(76)77)32-40-28-25-24-26-29-40/h24-26,28-29,33-39,41-49H,27,30-32H2,1-23H3,(H,76,77)/t41-,42-,43-,44-,45-,46-,47-,48-,49-/m0/s1. The minimum atomic E-state index is -1.22. The topological polar surface area (TPSA) is 203 Å². The molecule has 8 amide bonds. The van der Waals surface area contributed by atoms with E-state index in [-0.39, 0.29) is 30.1 Å². The third-order valence-corrected chi connectivity index (χ3v) is 15.5. The molecule has 9 atom stereocenters. The number of aliphatic carboxylic acids is 1. The van der Waals surface area contributed by atoms with E-state index in [1.807, 2.05) is 66.6 Å². The number of likely N-dealkylation sites (tertiary alicyclic amines) is 1. The van der Waals surface area contributed by atoms with Gasteiger partial charge in [0, 0.05) is 62.3 Å². The highest BCUT2D eigenvalue weighted by atomic mass is 16.4. The van der Waals surface area contributed by atoms with Crippen LogP contribution in [0, 0.1) is 41.4 Å². The Kier molecular flexibility index (Phi) is 25.3. The molecule has 1 fully saturated rings. The van der Waals surface area contributed by atoms with Crippen molar-refractivity contribution in [2.45, 2.75) is 171 Å². The smallest absolute Gasteiger partial charge is 0.326 e. The third kappa shape index (κ3) is 15.8. The molecule has 436 valence electrons. The first-order chi connectivity index (χ1) is 35.5. The Morgan fingerprint density at radius 1 is 0.442 bits per heavy atom. The maximum absolute atomic E-state index is 15.0. The average Bonchev–Trinajstić information content (AvgIpc) is 3.82. The van der Waals surface area contributed by atoms with Crippen molar-refractivity contribution < 1.29 is 48.3 Å². The van der Waals surface area contributed by atoms with Gasteiger partial charge >= 0.3 is 5.97 Å². The van der Waals surface area contributed by atoms with Gasteiger partial charge in [-0.3, -0.25) is 43.3 Å². The van der Waals surface area contributed by atoms with Crippen LogP contribution in [0.3, 0.4) is 0 Å². The lowest BCUT2D eigenvalue weighted by Crippen LogP contribution is -2.63. The van der Waals surface area contributed by atoms with Crippen LogP contribution >= 0.6 is 0 Å². The van der Waals surface area contributed by atoms with Crippen molar-refractivity contribution in [3.8, 4) is 0 Å². The van der Waals surface area contributed by atoms with Crippen molar-refractivity contribution in [1.29, 1.82) is 0 Å². The summed E-state index contributed by atoms with van der Waals surface area (Å²) in [4.78, 5) is 142. The number of hydrogen-bond donors (Lipinski definition) is 1. The molecule has 0 radical (unpaired) electrons. The molecule has 19 heteroatoms. The summed E-state index contributed by atoms with van der Waals surface area (Å²) in [5, 5.41) is 10.3. The fourth-order valence-electron chi connectivity index (χ4n) is 11.6. The van der Waals surface area contributed by atoms with Gasteiger partial charge in [-0.05, 0) is 73.9 Å². The van der Waals surface area contributed by atoms with E-state index in [2.05, 4.69) is 0 Å². The summed E-state index contributed by atoms with van der Waals surface area (Å²) in [7, 11) is 14.3. The van der Waals surface area contributed by atoms with Crippen LogP contribution in [-0.4, -0.2) is 227 Å². The number of amides is 8. The SMILES string of the molecule is CC(C)[C@@H](C(=O)N(C)[C@H](C(=O)N1CCC[C@H]1C(=O)N(C)[C@H](C(=O)N(C)[C@H](C(=O)N(C)[C@H](C(=O)N(C)[C@H](C(=O)N(C)[C@H](C(=O)N(C)[C@@H](Cc1ccccc1)C(=O)O)C(C)C)C(C)C)C(C)C)C(C)C)C(C)C)C(C)C)N(C)C. The molecule has 0 unspecified atom stereocenters. The minimum absolute atomic E-state index is 0.0208. The van der Waals surface area contributed by atoms with Gasteiger partial charge in [0.2, 0.25) is 47.3 Å². The van der Waals surface area contributed by atoms with Crippen molar-refractivity contribution in [2.24, 2.45) is 41.4 Å². The zero-order valence-corrected chi connectivity index (χ0v) is 51.1. The fraction of sp³-hybridized carbons (Fsp3) is 0.741. The van der Waals surface area contributed by atoms with Crippen LogP contribution in [0.1, 0.15) is 115 Å². The Morgan fingerprint density at radius 3 is 1.05 bits per heavy atom. The second-order valence-corrected chi connectivity index (χ2v) is 24.2. The summed E-state index contributed by atoms with van der Waals surface area (Å²) < 4.78 is 0. The molecular formula is C58H99N9O10. The Morgan fingerprint density at radius 2 is 0.740 bits per heavy atom. The monoisotopic (exact) mass is 1080 g/mol. The molecule has 1 saturated heterocycles. The molecule has 1 heterocycles. The molecule has 0 aliphatic carbocycles. The van der Waals surface area contributed by atoms with Gasteiger partial charge in [-0.15, -0.1) is 0 Å². The van der Waals surface area contributed by atoms with E-state index in [1.54, 1.807) is 98.7 Å². The highest BCUT2D eigenvalue weighted by molar-refractivity contribution is 5.98. The van der Waals surface area contributed by atoms with Crippen molar-refractivity contribution in [3.05, 3.63) is 35.9 Å². The molecule has 77 heavy (non-hydrogen) atoms. The van der Waals surface area contributed by atoms with Crippen molar-refractivity contribution >= 4 is 53.2 Å². The minimum Gasteiger partial charge on any atom is -0.480 e. The van der Waals surface area contributed by atoms with Gasteiger partial charge in [0.25, 0.3) is 0 Å². The van der Waals surface area contributed by atoms with E-state index in [4.69, 9.17) is 0 Å². The molecule has 0 spiro atoms. The number of likely N-dealkylation sites (N-methyl/N-ethyl adjacent to an activating group) is 8. The summed E-state index contributed by atoms with van der Waals surface area (Å²) in [5.74, 6) is -7.44. The Bertz CT molecular complexity index is 2190. The van der Waals surface area contributed by atoms with Crippen LogP contribution in [0.2, 0.25) is 0 Å². The zero-order chi connectivity index (χ0) is 59.6. The largest absolute Gasteiger partial charge is 0.480 e. The predicted octanol–water partition coefficient (Wildman–Crippen LogP) is 4.62. The summed E-state index contributed by atoms with van der Waals surface area (Å²) in [5.41, 5.74) is 0.725. The first kappa shape index (κ1) is 67.5. The Labute approximate surface area is 461 Å². The summed E-state index contributed by atoms with van der Waals surface area (Å²) in [6.45, 7) is 25.8. The summed E-state index contributed by atoms with van der Waals surface area (Å²) in [6, 6.07) is 0.104. The van der Waals surface area contributed by atoms with Crippen LogP contribution in [0.15, 0.2) is 30.3 Å². The van der Waals surface area contributed by atoms with E-state index in [0.29, 0.717) is 19.4 Å². The van der Waals surface area contributed by atoms with Crippen LogP contribution in [-0.2, 0) is 49.6 Å². The van der Waals surface area contributed by atoms with Crippen molar-refractivity contribution in [2.75, 3.05) is 70.0 Å². The third-order valence-electron chi connectivity index (χ3n) is 15.5. The highest BCUT2D eigenvalue weighted by Crippen LogP contribution is 2.29. The zero-order valence-electron chi connectivity index (χ0n) is 51.1. The van der Waals surface area contributed by atoms with Gasteiger partial charge in [0.05, 0.1) is 6.04 Å².